The van der Waals surface area contributed by atoms with Crippen molar-refractivity contribution in [2.45, 2.75) is 13.8 Å². The van der Waals surface area contributed by atoms with E-state index in [2.05, 4.69) is 20.3 Å². The summed E-state index contributed by atoms with van der Waals surface area (Å²) in [5.74, 6) is 0. The molecule has 0 amide bonds. The van der Waals surface area contributed by atoms with Gasteiger partial charge in [-0.15, -0.1) is 0 Å². The molecule has 4 N–H and O–H groups in total. The van der Waals surface area contributed by atoms with Gasteiger partial charge in [0.2, 0.25) is 0 Å². The summed E-state index contributed by atoms with van der Waals surface area (Å²) in [6, 6.07) is 3.41. The van der Waals surface area contributed by atoms with Gasteiger partial charge in [0.05, 0.1) is 12.3 Å². The number of rotatable bonds is 4. The molecule has 2 aromatic rings. The standard InChI is InChI=1S/C8H10N4O3.C2H6/c13-4-3-9-5-1-2-6-8(7(5)10-14)12-15-11-6;1-2/h1-2,9-10,13-14H,3-4H2;1-2H3. The zero-order valence-electron chi connectivity index (χ0n) is 9.77. The lowest BCUT2D eigenvalue weighted by Gasteiger charge is -2.09. The molecule has 0 unspecified atom stereocenters. The number of aromatic nitrogens is 2. The van der Waals surface area contributed by atoms with E-state index in [4.69, 9.17) is 10.3 Å². The largest absolute Gasteiger partial charge is 0.395 e. The first kappa shape index (κ1) is 13.2. The highest BCUT2D eigenvalue weighted by Gasteiger charge is 2.10. The fraction of sp³-hybridized carbons (Fsp3) is 0.400. The van der Waals surface area contributed by atoms with Crippen molar-refractivity contribution >= 4 is 22.4 Å². The van der Waals surface area contributed by atoms with Crippen molar-refractivity contribution < 1.29 is 14.9 Å². The van der Waals surface area contributed by atoms with Crippen LogP contribution in [-0.2, 0) is 0 Å². The molecule has 1 heterocycles. The fourth-order valence-corrected chi connectivity index (χ4v) is 1.30. The van der Waals surface area contributed by atoms with Crippen LogP contribution in [-0.4, -0.2) is 33.8 Å². The monoisotopic (exact) mass is 240 g/mol. The minimum absolute atomic E-state index is 0.0000286. The Kier molecular flexibility index (Phi) is 5.18. The summed E-state index contributed by atoms with van der Waals surface area (Å²) in [4.78, 5) is 0. The van der Waals surface area contributed by atoms with Crippen LogP contribution in [0.2, 0.25) is 0 Å². The van der Waals surface area contributed by atoms with E-state index in [-0.39, 0.29) is 6.61 Å². The maximum atomic E-state index is 8.97. The van der Waals surface area contributed by atoms with Crippen LogP contribution in [0.5, 0.6) is 0 Å². The van der Waals surface area contributed by atoms with Gasteiger partial charge in [-0.3, -0.25) is 10.7 Å². The van der Waals surface area contributed by atoms with Gasteiger partial charge in [-0.25, -0.2) is 4.63 Å². The Morgan fingerprint density at radius 3 is 2.71 bits per heavy atom. The maximum absolute atomic E-state index is 8.97. The Hall–Kier alpha value is -1.86. The Labute approximate surface area is 98.4 Å². The number of hydrogen-bond donors (Lipinski definition) is 4. The smallest absolute Gasteiger partial charge is 0.162 e. The first-order valence-electron chi connectivity index (χ1n) is 5.37. The predicted molar refractivity (Wildman–Crippen MR) is 64.1 cm³/mol. The predicted octanol–water partition coefficient (Wildman–Crippen LogP) is 1.45. The van der Waals surface area contributed by atoms with Crippen LogP contribution in [0.3, 0.4) is 0 Å². The SMILES string of the molecule is CC.OCCNc1ccc2nonc2c1NO. The van der Waals surface area contributed by atoms with Gasteiger partial charge in [-0.2, -0.15) is 0 Å². The van der Waals surface area contributed by atoms with E-state index in [1.54, 1.807) is 12.1 Å². The van der Waals surface area contributed by atoms with Gasteiger partial charge in [0.15, 0.2) is 5.52 Å². The zero-order chi connectivity index (χ0) is 12.7. The molecule has 0 bridgehead atoms. The molecule has 0 fully saturated rings. The van der Waals surface area contributed by atoms with Crippen LogP contribution < -0.4 is 10.8 Å². The van der Waals surface area contributed by atoms with E-state index in [9.17, 15) is 0 Å². The van der Waals surface area contributed by atoms with Crippen molar-refractivity contribution in [3.05, 3.63) is 12.1 Å². The van der Waals surface area contributed by atoms with Crippen LogP contribution in [0, 0.1) is 0 Å². The topological polar surface area (TPSA) is 103 Å². The molecular formula is C10H16N4O3. The molecule has 17 heavy (non-hydrogen) atoms. The van der Waals surface area contributed by atoms with E-state index in [0.29, 0.717) is 29.0 Å². The molecule has 7 heteroatoms. The molecule has 0 aliphatic carbocycles. The number of fused-ring (bicyclic) bond motifs is 1. The average Bonchev–Trinajstić information content (AvgIpc) is 2.86. The lowest BCUT2D eigenvalue weighted by molar-refractivity contribution is 0.311. The number of hydrogen-bond acceptors (Lipinski definition) is 7. The van der Waals surface area contributed by atoms with E-state index in [1.807, 2.05) is 19.3 Å². The third-order valence-corrected chi connectivity index (χ3v) is 1.97. The molecule has 0 aliphatic heterocycles. The number of anilines is 2. The van der Waals surface area contributed by atoms with E-state index in [1.165, 1.54) is 0 Å². The van der Waals surface area contributed by atoms with Crippen molar-refractivity contribution in [2.24, 2.45) is 0 Å². The lowest BCUT2D eigenvalue weighted by Crippen LogP contribution is -2.07. The number of benzene rings is 1. The van der Waals surface area contributed by atoms with Gasteiger partial charge in [-0.1, -0.05) is 13.8 Å². The van der Waals surface area contributed by atoms with E-state index >= 15 is 0 Å². The summed E-state index contributed by atoms with van der Waals surface area (Å²) in [7, 11) is 0. The molecule has 0 radical (unpaired) electrons. The van der Waals surface area contributed by atoms with Gasteiger partial charge in [-0.05, 0) is 22.4 Å². The highest BCUT2D eigenvalue weighted by molar-refractivity contribution is 5.94. The maximum Gasteiger partial charge on any atom is 0.162 e. The second-order valence-corrected chi connectivity index (χ2v) is 2.88. The molecule has 0 atom stereocenters. The Morgan fingerprint density at radius 2 is 2.06 bits per heavy atom. The van der Waals surface area contributed by atoms with Crippen molar-refractivity contribution in [3.63, 3.8) is 0 Å². The van der Waals surface area contributed by atoms with Gasteiger partial charge in [0.25, 0.3) is 0 Å². The Morgan fingerprint density at radius 1 is 1.29 bits per heavy atom. The van der Waals surface area contributed by atoms with Crippen molar-refractivity contribution in [2.75, 3.05) is 23.9 Å². The number of nitrogens with zero attached hydrogens (tertiary/aromatic N) is 2. The van der Waals surface area contributed by atoms with Gasteiger partial charge in [0, 0.05) is 6.54 Å². The second-order valence-electron chi connectivity index (χ2n) is 2.88. The molecule has 94 valence electrons. The summed E-state index contributed by atoms with van der Waals surface area (Å²) >= 11 is 0. The molecule has 0 spiro atoms. The van der Waals surface area contributed by atoms with Crippen LogP contribution >= 0.6 is 0 Å². The molecule has 0 aliphatic rings. The molecule has 0 saturated heterocycles. The van der Waals surface area contributed by atoms with Crippen molar-refractivity contribution in [1.29, 1.82) is 0 Å². The molecule has 0 saturated carbocycles. The molecule has 1 aromatic heterocycles. The van der Waals surface area contributed by atoms with Gasteiger partial charge >= 0.3 is 0 Å². The zero-order valence-corrected chi connectivity index (χ0v) is 9.77. The third-order valence-electron chi connectivity index (χ3n) is 1.97. The van der Waals surface area contributed by atoms with Gasteiger partial charge < -0.3 is 10.4 Å². The minimum atomic E-state index is -0.0000286. The van der Waals surface area contributed by atoms with Gasteiger partial charge in [0.1, 0.15) is 11.2 Å². The summed E-state index contributed by atoms with van der Waals surface area (Å²) in [5, 5.41) is 27.8. The highest BCUT2D eigenvalue weighted by Crippen LogP contribution is 2.28. The average molecular weight is 240 g/mol. The molecule has 7 nitrogen and oxygen atoms in total. The first-order chi connectivity index (χ1) is 8.36. The second kappa shape index (κ2) is 6.66. The number of aliphatic hydroxyl groups is 1. The quantitative estimate of drug-likeness (QED) is 0.600. The van der Waals surface area contributed by atoms with Crippen molar-refractivity contribution in [1.82, 2.24) is 10.3 Å². The normalized spacial score (nSPS) is 9.65. The van der Waals surface area contributed by atoms with Crippen molar-refractivity contribution in [3.8, 4) is 0 Å². The summed E-state index contributed by atoms with van der Waals surface area (Å²) in [6.45, 7) is 4.38. The first-order valence-corrected chi connectivity index (χ1v) is 5.37. The third kappa shape index (κ3) is 2.83. The number of aliphatic hydroxyl groups excluding tert-OH is 1. The highest BCUT2D eigenvalue weighted by atomic mass is 16.6. The molecular weight excluding hydrogens is 224 g/mol. The summed E-state index contributed by atoms with van der Waals surface area (Å²) in [6.07, 6.45) is 0. The molecule has 1 aromatic carbocycles. The Bertz CT molecular complexity index is 458. The fourth-order valence-electron chi connectivity index (χ4n) is 1.30. The van der Waals surface area contributed by atoms with Crippen LogP contribution in [0.1, 0.15) is 13.8 Å². The van der Waals surface area contributed by atoms with Crippen LogP contribution in [0.4, 0.5) is 11.4 Å². The van der Waals surface area contributed by atoms with Crippen LogP contribution in [0.25, 0.3) is 11.0 Å². The van der Waals surface area contributed by atoms with E-state index < -0.39 is 0 Å². The van der Waals surface area contributed by atoms with E-state index in [0.717, 1.165) is 0 Å². The van der Waals surface area contributed by atoms with Crippen LogP contribution in [0.15, 0.2) is 16.8 Å². The summed E-state index contributed by atoms with van der Waals surface area (Å²) < 4.78 is 4.54. The summed E-state index contributed by atoms with van der Waals surface area (Å²) in [5.41, 5.74) is 4.00. The Balaban J connectivity index is 0.000000686. The minimum Gasteiger partial charge on any atom is -0.395 e. The lowest BCUT2D eigenvalue weighted by atomic mass is 10.2. The molecule has 2 rings (SSSR count). The number of nitrogens with one attached hydrogen (secondary N) is 2.